The lowest BCUT2D eigenvalue weighted by molar-refractivity contribution is 0.105. The van der Waals surface area contributed by atoms with Gasteiger partial charge < -0.3 is 29.6 Å². The summed E-state index contributed by atoms with van der Waals surface area (Å²) in [6, 6.07) is 11.1. The number of nitrogens with zero attached hydrogens (tertiary/aromatic N) is 1. The van der Waals surface area contributed by atoms with Gasteiger partial charge in [0.15, 0.2) is 5.96 Å². The first-order chi connectivity index (χ1) is 13.2. The number of methoxy groups -OCH3 is 1. The van der Waals surface area contributed by atoms with Crippen LogP contribution in [0.5, 0.6) is 5.75 Å². The Morgan fingerprint density at radius 2 is 2.00 bits per heavy atom. The van der Waals surface area contributed by atoms with Crippen LogP contribution in [0.2, 0.25) is 0 Å². The first kappa shape index (κ1) is 24.3. The second-order valence-electron chi connectivity index (χ2n) is 5.92. The Kier molecular flexibility index (Phi) is 12.3. The molecule has 156 valence electrons. The standard InChI is InChI=1S/C20H29N3O4.HI/c1-3-21-20(22-11-5-12-26-15-18-6-4-13-27-18)23-14-19(24)16-7-9-17(25-2)10-8-16;/h4,6-10,13,19,24H,3,5,11-12,14-15H2,1-2H3,(H2,21,22,23);1H. The molecule has 1 heterocycles. The van der Waals surface area contributed by atoms with Crippen molar-refractivity contribution in [1.29, 1.82) is 0 Å². The quantitative estimate of drug-likeness (QED) is 0.189. The molecule has 2 rings (SSSR count). The lowest BCUT2D eigenvalue weighted by atomic mass is 10.1. The number of hydrogen-bond acceptors (Lipinski definition) is 5. The largest absolute Gasteiger partial charge is 0.497 e. The number of hydrogen-bond donors (Lipinski definition) is 3. The average Bonchev–Trinajstić information content (AvgIpc) is 3.22. The Morgan fingerprint density at radius 3 is 2.64 bits per heavy atom. The van der Waals surface area contributed by atoms with Crippen LogP contribution in [0.25, 0.3) is 0 Å². The summed E-state index contributed by atoms with van der Waals surface area (Å²) >= 11 is 0. The number of furan rings is 1. The number of aliphatic hydroxyl groups is 1. The topological polar surface area (TPSA) is 88.3 Å². The zero-order valence-electron chi connectivity index (χ0n) is 16.4. The molecule has 0 saturated heterocycles. The normalized spacial score (nSPS) is 12.2. The second kappa shape index (κ2) is 14.3. The summed E-state index contributed by atoms with van der Waals surface area (Å²) in [5, 5.41) is 16.7. The first-order valence-electron chi connectivity index (χ1n) is 9.17. The first-order valence-corrected chi connectivity index (χ1v) is 9.17. The molecule has 0 spiro atoms. The van der Waals surface area contributed by atoms with Crippen LogP contribution in [0.4, 0.5) is 0 Å². The van der Waals surface area contributed by atoms with E-state index in [2.05, 4.69) is 15.6 Å². The van der Waals surface area contributed by atoms with Crippen LogP contribution in [0.1, 0.15) is 30.8 Å². The van der Waals surface area contributed by atoms with Gasteiger partial charge in [0.1, 0.15) is 18.1 Å². The van der Waals surface area contributed by atoms with Crippen molar-refractivity contribution in [2.75, 3.05) is 33.4 Å². The van der Waals surface area contributed by atoms with Gasteiger partial charge in [-0.1, -0.05) is 12.1 Å². The van der Waals surface area contributed by atoms with Crippen LogP contribution in [0.3, 0.4) is 0 Å². The van der Waals surface area contributed by atoms with Gasteiger partial charge in [-0.25, -0.2) is 0 Å². The number of guanidine groups is 1. The molecule has 3 N–H and O–H groups in total. The van der Waals surface area contributed by atoms with E-state index in [4.69, 9.17) is 13.9 Å². The van der Waals surface area contributed by atoms with Crippen molar-refractivity contribution >= 4 is 29.9 Å². The molecule has 2 aromatic rings. The van der Waals surface area contributed by atoms with Crippen LogP contribution in [-0.4, -0.2) is 44.4 Å². The number of ether oxygens (including phenoxy) is 2. The van der Waals surface area contributed by atoms with Crippen molar-refractivity contribution < 1.29 is 19.0 Å². The molecular weight excluding hydrogens is 473 g/mol. The van der Waals surface area contributed by atoms with Crippen molar-refractivity contribution in [3.63, 3.8) is 0 Å². The molecule has 0 aliphatic heterocycles. The predicted octanol–water partition coefficient (Wildman–Crippen LogP) is 3.10. The zero-order valence-corrected chi connectivity index (χ0v) is 18.7. The van der Waals surface area contributed by atoms with Crippen molar-refractivity contribution in [3.05, 3.63) is 54.0 Å². The fraction of sp³-hybridized carbons (Fsp3) is 0.450. The van der Waals surface area contributed by atoms with Gasteiger partial charge in [0.25, 0.3) is 0 Å². The molecule has 28 heavy (non-hydrogen) atoms. The van der Waals surface area contributed by atoms with E-state index in [1.54, 1.807) is 13.4 Å². The van der Waals surface area contributed by atoms with Gasteiger partial charge in [0.05, 0.1) is 26.0 Å². The highest BCUT2D eigenvalue weighted by atomic mass is 127. The fourth-order valence-corrected chi connectivity index (χ4v) is 2.40. The van der Waals surface area contributed by atoms with E-state index in [1.165, 1.54) is 0 Å². The van der Waals surface area contributed by atoms with Gasteiger partial charge in [-0.2, -0.15) is 0 Å². The smallest absolute Gasteiger partial charge is 0.191 e. The van der Waals surface area contributed by atoms with Crippen LogP contribution >= 0.6 is 24.0 Å². The van der Waals surface area contributed by atoms with Gasteiger partial charge in [0, 0.05) is 19.7 Å². The van der Waals surface area contributed by atoms with Crippen molar-refractivity contribution in [3.8, 4) is 5.75 Å². The summed E-state index contributed by atoms with van der Waals surface area (Å²) in [4.78, 5) is 4.45. The van der Waals surface area contributed by atoms with Crippen LogP contribution in [0.15, 0.2) is 52.1 Å². The van der Waals surface area contributed by atoms with E-state index in [1.807, 2.05) is 43.3 Å². The molecule has 0 saturated carbocycles. The third kappa shape index (κ3) is 8.94. The summed E-state index contributed by atoms with van der Waals surface area (Å²) in [6.07, 6.45) is 1.81. The lowest BCUT2D eigenvalue weighted by Gasteiger charge is -2.13. The average molecular weight is 503 g/mol. The van der Waals surface area contributed by atoms with Gasteiger partial charge >= 0.3 is 0 Å². The lowest BCUT2D eigenvalue weighted by Crippen LogP contribution is -2.38. The molecule has 7 nitrogen and oxygen atoms in total. The predicted molar refractivity (Wildman–Crippen MR) is 120 cm³/mol. The molecule has 8 heteroatoms. The van der Waals surface area contributed by atoms with Crippen molar-refractivity contribution in [2.45, 2.75) is 26.1 Å². The van der Waals surface area contributed by atoms with Crippen molar-refractivity contribution in [2.24, 2.45) is 4.99 Å². The molecule has 1 atom stereocenters. The van der Waals surface area contributed by atoms with E-state index < -0.39 is 6.10 Å². The highest BCUT2D eigenvalue weighted by Gasteiger charge is 2.07. The number of halogens is 1. The third-order valence-corrected chi connectivity index (χ3v) is 3.85. The monoisotopic (exact) mass is 503 g/mol. The van der Waals surface area contributed by atoms with E-state index in [0.717, 1.165) is 36.6 Å². The van der Waals surface area contributed by atoms with Crippen molar-refractivity contribution in [1.82, 2.24) is 10.6 Å². The minimum absolute atomic E-state index is 0. The van der Waals surface area contributed by atoms with E-state index >= 15 is 0 Å². The van der Waals surface area contributed by atoms with Gasteiger partial charge in [-0.05, 0) is 43.2 Å². The molecular formula is C20H30IN3O4. The Labute approximate surface area is 183 Å². The van der Waals surface area contributed by atoms with Crippen LogP contribution < -0.4 is 15.4 Å². The Hall–Kier alpha value is -1.78. The van der Waals surface area contributed by atoms with Crippen LogP contribution in [0, 0.1) is 0 Å². The minimum Gasteiger partial charge on any atom is -0.497 e. The molecule has 1 unspecified atom stereocenters. The highest BCUT2D eigenvalue weighted by molar-refractivity contribution is 14.0. The maximum Gasteiger partial charge on any atom is 0.191 e. The third-order valence-electron chi connectivity index (χ3n) is 3.85. The van der Waals surface area contributed by atoms with Gasteiger partial charge in [0.2, 0.25) is 0 Å². The SMILES string of the molecule is CCNC(=NCC(O)c1ccc(OC)cc1)NCCCOCc1ccco1.I. The van der Waals surface area contributed by atoms with E-state index in [0.29, 0.717) is 19.2 Å². The van der Waals surface area contributed by atoms with Gasteiger partial charge in [-0.15, -0.1) is 24.0 Å². The zero-order chi connectivity index (χ0) is 19.3. The minimum atomic E-state index is -0.664. The molecule has 0 aliphatic carbocycles. The molecule has 0 aliphatic rings. The Balaban J connectivity index is 0.00000392. The number of aliphatic hydroxyl groups excluding tert-OH is 1. The van der Waals surface area contributed by atoms with E-state index in [9.17, 15) is 5.11 Å². The Bertz CT molecular complexity index is 663. The number of benzene rings is 1. The number of rotatable bonds is 11. The molecule has 1 aromatic heterocycles. The Morgan fingerprint density at radius 1 is 1.21 bits per heavy atom. The fourth-order valence-electron chi connectivity index (χ4n) is 2.40. The number of aliphatic imine (C=N–C) groups is 1. The molecule has 0 radical (unpaired) electrons. The molecule has 0 fully saturated rings. The summed E-state index contributed by atoms with van der Waals surface area (Å²) in [5.41, 5.74) is 0.807. The molecule has 0 bridgehead atoms. The summed E-state index contributed by atoms with van der Waals surface area (Å²) in [6.45, 7) is 4.86. The molecule has 0 amide bonds. The van der Waals surface area contributed by atoms with E-state index in [-0.39, 0.29) is 30.5 Å². The summed E-state index contributed by atoms with van der Waals surface area (Å²) < 4.78 is 15.9. The maximum atomic E-state index is 10.3. The summed E-state index contributed by atoms with van der Waals surface area (Å²) in [5.74, 6) is 2.26. The van der Waals surface area contributed by atoms with Gasteiger partial charge in [-0.3, -0.25) is 4.99 Å². The number of nitrogens with one attached hydrogen (secondary N) is 2. The molecule has 1 aromatic carbocycles. The van der Waals surface area contributed by atoms with Crippen LogP contribution in [-0.2, 0) is 11.3 Å². The maximum absolute atomic E-state index is 10.3. The second-order valence-corrected chi connectivity index (χ2v) is 5.92. The summed E-state index contributed by atoms with van der Waals surface area (Å²) in [7, 11) is 1.62. The highest BCUT2D eigenvalue weighted by Crippen LogP contribution is 2.17.